The van der Waals surface area contributed by atoms with Gasteiger partial charge in [-0.05, 0) is 29.7 Å². The summed E-state index contributed by atoms with van der Waals surface area (Å²) in [6.45, 7) is 0.718. The Hall–Kier alpha value is -1.55. The molecule has 1 aliphatic heterocycles. The highest BCUT2D eigenvalue weighted by atomic mass is 16.5. The number of ether oxygens (including phenoxy) is 1. The molecule has 1 aliphatic rings. The van der Waals surface area contributed by atoms with Crippen molar-refractivity contribution in [2.24, 2.45) is 0 Å². The van der Waals surface area contributed by atoms with Crippen LogP contribution >= 0.6 is 0 Å². The molecule has 2 N–H and O–H groups in total. The fourth-order valence-corrected chi connectivity index (χ4v) is 1.88. The third-order valence-corrected chi connectivity index (χ3v) is 2.62. The first-order valence-electron chi connectivity index (χ1n) is 4.85. The van der Waals surface area contributed by atoms with Crippen LogP contribution in [0.25, 0.3) is 0 Å². The molecule has 0 saturated carbocycles. The molecule has 0 radical (unpaired) electrons. The van der Waals surface area contributed by atoms with Crippen LogP contribution in [0.5, 0.6) is 5.75 Å². The summed E-state index contributed by atoms with van der Waals surface area (Å²) in [5, 5.41) is 12.4. The van der Waals surface area contributed by atoms with Gasteiger partial charge in [-0.1, -0.05) is 6.07 Å². The largest absolute Gasteiger partial charge is 0.508 e. The van der Waals surface area contributed by atoms with E-state index in [1.165, 1.54) is 7.11 Å². The van der Waals surface area contributed by atoms with Gasteiger partial charge in [0.2, 0.25) is 0 Å². The summed E-state index contributed by atoms with van der Waals surface area (Å²) >= 11 is 0. The van der Waals surface area contributed by atoms with E-state index < -0.39 is 6.04 Å². The quantitative estimate of drug-likeness (QED) is 0.667. The second kappa shape index (κ2) is 3.90. The summed E-state index contributed by atoms with van der Waals surface area (Å²) in [5.74, 6) is -0.0547. The fourth-order valence-electron chi connectivity index (χ4n) is 1.88. The summed E-state index contributed by atoms with van der Waals surface area (Å²) in [6, 6.07) is 4.64. The van der Waals surface area contributed by atoms with E-state index in [2.05, 4.69) is 5.32 Å². The Morgan fingerprint density at radius 2 is 2.40 bits per heavy atom. The van der Waals surface area contributed by atoms with Gasteiger partial charge < -0.3 is 15.2 Å². The molecule has 0 aliphatic carbocycles. The van der Waals surface area contributed by atoms with Gasteiger partial charge in [-0.2, -0.15) is 0 Å². The first kappa shape index (κ1) is 9.98. The molecule has 0 aromatic heterocycles. The van der Waals surface area contributed by atoms with Crippen molar-refractivity contribution in [2.75, 3.05) is 13.7 Å². The molecule has 0 amide bonds. The Morgan fingerprint density at radius 1 is 1.60 bits per heavy atom. The molecule has 0 unspecified atom stereocenters. The molecular formula is C11H13NO3. The molecule has 0 saturated heterocycles. The van der Waals surface area contributed by atoms with Crippen molar-refractivity contribution in [3.8, 4) is 5.75 Å². The molecule has 1 aromatic carbocycles. The first-order valence-corrected chi connectivity index (χ1v) is 4.85. The average Bonchev–Trinajstić information content (AvgIpc) is 2.26. The fraction of sp³-hybridized carbons (Fsp3) is 0.364. The number of methoxy groups -OCH3 is 1. The number of aromatic hydroxyl groups is 1. The Kier molecular flexibility index (Phi) is 2.60. The Labute approximate surface area is 87.9 Å². The van der Waals surface area contributed by atoms with Crippen molar-refractivity contribution in [3.63, 3.8) is 0 Å². The van der Waals surface area contributed by atoms with E-state index in [-0.39, 0.29) is 11.7 Å². The molecule has 1 atom stereocenters. The summed E-state index contributed by atoms with van der Waals surface area (Å²) in [4.78, 5) is 11.5. The lowest BCUT2D eigenvalue weighted by Gasteiger charge is -2.24. The van der Waals surface area contributed by atoms with E-state index in [0.29, 0.717) is 0 Å². The molecule has 0 fully saturated rings. The molecule has 4 heteroatoms. The maximum Gasteiger partial charge on any atom is 0.327 e. The molecule has 0 spiro atoms. The van der Waals surface area contributed by atoms with Crippen LogP contribution in [0, 0.1) is 0 Å². The van der Waals surface area contributed by atoms with Crippen LogP contribution in [0.15, 0.2) is 18.2 Å². The predicted octanol–water partition coefficient (Wildman–Crippen LogP) is 0.752. The lowest BCUT2D eigenvalue weighted by Crippen LogP contribution is -2.35. The van der Waals surface area contributed by atoms with Crippen LogP contribution in [-0.4, -0.2) is 24.7 Å². The number of phenols is 1. The average molecular weight is 207 g/mol. The van der Waals surface area contributed by atoms with Gasteiger partial charge in [-0.3, -0.25) is 0 Å². The van der Waals surface area contributed by atoms with Crippen molar-refractivity contribution in [1.29, 1.82) is 0 Å². The molecular weight excluding hydrogens is 194 g/mol. The van der Waals surface area contributed by atoms with E-state index in [0.717, 1.165) is 24.1 Å². The van der Waals surface area contributed by atoms with Crippen LogP contribution in [0.4, 0.5) is 0 Å². The third-order valence-electron chi connectivity index (χ3n) is 2.62. The normalized spacial score (nSPS) is 19.4. The molecule has 15 heavy (non-hydrogen) atoms. The van der Waals surface area contributed by atoms with Crippen molar-refractivity contribution in [1.82, 2.24) is 5.32 Å². The van der Waals surface area contributed by atoms with E-state index in [1.807, 2.05) is 0 Å². The Balaban J connectivity index is 2.38. The summed E-state index contributed by atoms with van der Waals surface area (Å²) in [5.41, 5.74) is 1.90. The number of carbonyl (C=O) groups is 1. The van der Waals surface area contributed by atoms with Gasteiger partial charge in [0.1, 0.15) is 11.8 Å². The zero-order chi connectivity index (χ0) is 10.8. The molecule has 0 bridgehead atoms. The van der Waals surface area contributed by atoms with Gasteiger partial charge in [0, 0.05) is 6.54 Å². The highest BCUT2D eigenvalue weighted by molar-refractivity contribution is 5.78. The van der Waals surface area contributed by atoms with E-state index >= 15 is 0 Å². The number of fused-ring (bicyclic) bond motifs is 1. The smallest absolute Gasteiger partial charge is 0.327 e. The number of hydrogen-bond donors (Lipinski definition) is 2. The minimum Gasteiger partial charge on any atom is -0.508 e. The van der Waals surface area contributed by atoms with Gasteiger partial charge in [-0.15, -0.1) is 0 Å². The highest BCUT2D eigenvalue weighted by Gasteiger charge is 2.26. The number of phenolic OH excluding ortho intramolecular Hbond substituents is 1. The molecule has 1 heterocycles. The minimum atomic E-state index is -0.403. The topological polar surface area (TPSA) is 58.6 Å². The molecule has 4 nitrogen and oxygen atoms in total. The number of carbonyl (C=O) groups excluding carboxylic acids is 1. The van der Waals surface area contributed by atoms with E-state index in [4.69, 9.17) is 4.74 Å². The predicted molar refractivity (Wildman–Crippen MR) is 54.6 cm³/mol. The summed E-state index contributed by atoms with van der Waals surface area (Å²) < 4.78 is 4.71. The van der Waals surface area contributed by atoms with Crippen LogP contribution in [0.3, 0.4) is 0 Å². The lowest BCUT2D eigenvalue weighted by atomic mass is 9.94. The number of nitrogens with one attached hydrogen (secondary N) is 1. The van der Waals surface area contributed by atoms with Crippen LogP contribution in [-0.2, 0) is 16.0 Å². The van der Waals surface area contributed by atoms with Gasteiger partial charge in [0.15, 0.2) is 0 Å². The van der Waals surface area contributed by atoms with Crippen LogP contribution in [0.2, 0.25) is 0 Å². The van der Waals surface area contributed by atoms with Crippen molar-refractivity contribution >= 4 is 5.97 Å². The van der Waals surface area contributed by atoms with E-state index in [1.54, 1.807) is 18.2 Å². The lowest BCUT2D eigenvalue weighted by molar-refractivity contribution is -0.143. The standard InChI is InChI=1S/C11H13NO3/c1-15-11(14)10-9-3-2-8(13)6-7(9)4-5-12-10/h2-3,6,10,12-13H,4-5H2,1H3/t10-/m1/s1. The SMILES string of the molecule is COC(=O)[C@@H]1NCCc2cc(O)ccc21. The molecule has 1 aromatic rings. The maximum atomic E-state index is 11.5. The molecule has 2 rings (SSSR count). The van der Waals surface area contributed by atoms with Crippen molar-refractivity contribution < 1.29 is 14.6 Å². The monoisotopic (exact) mass is 207 g/mol. The maximum absolute atomic E-state index is 11.5. The van der Waals surface area contributed by atoms with Crippen LogP contribution in [0.1, 0.15) is 17.2 Å². The first-order chi connectivity index (χ1) is 7.22. The highest BCUT2D eigenvalue weighted by Crippen LogP contribution is 2.26. The zero-order valence-electron chi connectivity index (χ0n) is 8.49. The number of benzene rings is 1. The number of esters is 1. The van der Waals surface area contributed by atoms with Gasteiger partial charge >= 0.3 is 5.97 Å². The van der Waals surface area contributed by atoms with E-state index in [9.17, 15) is 9.90 Å². The van der Waals surface area contributed by atoms with Crippen molar-refractivity contribution in [3.05, 3.63) is 29.3 Å². The Bertz CT molecular complexity index is 389. The second-order valence-corrected chi connectivity index (χ2v) is 3.54. The summed E-state index contributed by atoms with van der Waals surface area (Å²) in [7, 11) is 1.37. The van der Waals surface area contributed by atoms with Crippen molar-refractivity contribution in [2.45, 2.75) is 12.5 Å². The minimum absolute atomic E-state index is 0.235. The second-order valence-electron chi connectivity index (χ2n) is 3.54. The number of rotatable bonds is 1. The third kappa shape index (κ3) is 1.80. The number of hydrogen-bond acceptors (Lipinski definition) is 4. The van der Waals surface area contributed by atoms with Crippen LogP contribution < -0.4 is 5.32 Å². The van der Waals surface area contributed by atoms with Gasteiger partial charge in [0.05, 0.1) is 7.11 Å². The van der Waals surface area contributed by atoms with Gasteiger partial charge in [-0.25, -0.2) is 4.79 Å². The Morgan fingerprint density at radius 3 is 3.13 bits per heavy atom. The van der Waals surface area contributed by atoms with Gasteiger partial charge in [0.25, 0.3) is 0 Å². The zero-order valence-corrected chi connectivity index (χ0v) is 8.49. The summed E-state index contributed by atoms with van der Waals surface area (Å²) in [6.07, 6.45) is 0.817. The molecule has 80 valence electrons.